The highest BCUT2D eigenvalue weighted by molar-refractivity contribution is 5.82. The summed E-state index contributed by atoms with van der Waals surface area (Å²) in [5.41, 5.74) is 6.70. The Morgan fingerprint density at radius 1 is 0.550 bits per heavy atom. The van der Waals surface area contributed by atoms with Crippen LogP contribution in [0.1, 0.15) is 11.1 Å². The molecule has 0 spiro atoms. The lowest BCUT2D eigenvalue weighted by Gasteiger charge is -2.15. The highest BCUT2D eigenvalue weighted by atomic mass is 14.1. The van der Waals surface area contributed by atoms with E-state index in [0.717, 1.165) is 22.3 Å². The Bertz CT molecular complexity index is 710. The molecule has 0 nitrogen and oxygen atoms in total. The van der Waals surface area contributed by atoms with Gasteiger partial charge in [-0.2, -0.15) is 0 Å². The van der Waals surface area contributed by atoms with E-state index in [4.69, 9.17) is 0 Å². The van der Waals surface area contributed by atoms with Crippen molar-refractivity contribution >= 4 is 0 Å². The fourth-order valence-corrected chi connectivity index (χ4v) is 2.55. The second-order valence-corrected chi connectivity index (χ2v) is 4.86. The highest BCUT2D eigenvalue weighted by Gasteiger charge is 2.10. The van der Waals surface area contributed by atoms with Crippen LogP contribution in [0.2, 0.25) is 0 Å². The minimum Gasteiger partial charge on any atom is -0.0622 e. The van der Waals surface area contributed by atoms with Crippen molar-refractivity contribution in [3.05, 3.63) is 97.8 Å². The molecular formula is C20H16. The number of hydrogen-bond acceptors (Lipinski definition) is 0. The number of rotatable bonds is 2. The fourth-order valence-electron chi connectivity index (χ4n) is 2.55. The summed E-state index contributed by atoms with van der Waals surface area (Å²) >= 11 is 0. The molecule has 0 aliphatic heterocycles. The van der Waals surface area contributed by atoms with Crippen LogP contribution in [0, 0.1) is 13.8 Å². The van der Waals surface area contributed by atoms with E-state index >= 15 is 0 Å². The minimum absolute atomic E-state index is 1.01. The zero-order chi connectivity index (χ0) is 13.9. The Balaban J connectivity index is 2.22. The molecule has 0 saturated heterocycles. The third-order valence-corrected chi connectivity index (χ3v) is 3.55. The molecule has 0 atom stereocenters. The molecule has 96 valence electrons. The SMILES string of the molecule is [CH2]c1ccc(-c2ccccc2)c([CH2])c1-c1ccccc1. The van der Waals surface area contributed by atoms with Crippen molar-refractivity contribution in [2.45, 2.75) is 0 Å². The van der Waals surface area contributed by atoms with Crippen LogP contribution in [0.5, 0.6) is 0 Å². The summed E-state index contributed by atoms with van der Waals surface area (Å²) in [4.78, 5) is 0. The van der Waals surface area contributed by atoms with Gasteiger partial charge in [-0.25, -0.2) is 0 Å². The van der Waals surface area contributed by atoms with Crippen LogP contribution in [0.4, 0.5) is 0 Å². The van der Waals surface area contributed by atoms with Gasteiger partial charge >= 0.3 is 0 Å². The van der Waals surface area contributed by atoms with E-state index in [9.17, 15) is 0 Å². The summed E-state index contributed by atoms with van der Waals surface area (Å²) in [6.45, 7) is 8.45. The van der Waals surface area contributed by atoms with Crippen molar-refractivity contribution in [3.63, 3.8) is 0 Å². The first kappa shape index (κ1) is 12.7. The van der Waals surface area contributed by atoms with Gasteiger partial charge in [-0.05, 0) is 47.2 Å². The van der Waals surface area contributed by atoms with Crippen molar-refractivity contribution in [2.75, 3.05) is 0 Å². The quantitative estimate of drug-likeness (QED) is 0.577. The molecule has 0 bridgehead atoms. The van der Waals surface area contributed by atoms with Crippen LogP contribution in [0.3, 0.4) is 0 Å². The molecule has 3 aromatic carbocycles. The van der Waals surface area contributed by atoms with Gasteiger partial charge in [0.25, 0.3) is 0 Å². The Morgan fingerprint density at radius 2 is 1.10 bits per heavy atom. The molecule has 2 radical (unpaired) electrons. The highest BCUT2D eigenvalue weighted by Crippen LogP contribution is 2.34. The van der Waals surface area contributed by atoms with Gasteiger partial charge in [-0.3, -0.25) is 0 Å². The van der Waals surface area contributed by atoms with Crippen LogP contribution in [-0.2, 0) is 0 Å². The monoisotopic (exact) mass is 256 g/mol. The van der Waals surface area contributed by atoms with Gasteiger partial charge < -0.3 is 0 Å². The van der Waals surface area contributed by atoms with Gasteiger partial charge in [0.2, 0.25) is 0 Å². The van der Waals surface area contributed by atoms with E-state index in [1.165, 1.54) is 11.1 Å². The van der Waals surface area contributed by atoms with Crippen LogP contribution < -0.4 is 0 Å². The molecule has 3 rings (SSSR count). The molecule has 0 heterocycles. The van der Waals surface area contributed by atoms with E-state index in [1.54, 1.807) is 0 Å². The number of benzene rings is 3. The average molecular weight is 256 g/mol. The van der Waals surface area contributed by atoms with Gasteiger partial charge in [0.1, 0.15) is 0 Å². The molecule has 0 unspecified atom stereocenters. The molecular weight excluding hydrogens is 240 g/mol. The maximum absolute atomic E-state index is 4.29. The summed E-state index contributed by atoms with van der Waals surface area (Å²) in [5.74, 6) is 0. The second kappa shape index (κ2) is 5.34. The smallest absolute Gasteiger partial charge is 0.0113 e. The summed E-state index contributed by atoms with van der Waals surface area (Å²) < 4.78 is 0. The molecule has 20 heavy (non-hydrogen) atoms. The lowest BCUT2D eigenvalue weighted by Crippen LogP contribution is -1.92. The van der Waals surface area contributed by atoms with Gasteiger partial charge in [-0.15, -0.1) is 0 Å². The summed E-state index contributed by atoms with van der Waals surface area (Å²) in [6, 6.07) is 24.9. The summed E-state index contributed by atoms with van der Waals surface area (Å²) in [5, 5.41) is 0. The van der Waals surface area contributed by atoms with E-state index < -0.39 is 0 Å². The van der Waals surface area contributed by atoms with Crippen molar-refractivity contribution in [1.29, 1.82) is 0 Å². The topological polar surface area (TPSA) is 0 Å². The Labute approximate surface area is 120 Å². The zero-order valence-corrected chi connectivity index (χ0v) is 11.3. The predicted octanol–water partition coefficient (Wildman–Crippen LogP) is 5.38. The molecule has 0 aromatic heterocycles. The van der Waals surface area contributed by atoms with Gasteiger partial charge in [0.05, 0.1) is 0 Å². The third kappa shape index (κ3) is 2.25. The molecule has 0 aliphatic rings. The summed E-state index contributed by atoms with van der Waals surface area (Å²) in [7, 11) is 0. The normalized spacial score (nSPS) is 10.5. The summed E-state index contributed by atoms with van der Waals surface area (Å²) in [6.07, 6.45) is 0. The first-order chi connectivity index (χ1) is 9.77. The molecule has 3 aromatic rings. The predicted molar refractivity (Wildman–Crippen MR) is 86.2 cm³/mol. The van der Waals surface area contributed by atoms with Crippen molar-refractivity contribution in [2.24, 2.45) is 0 Å². The Hall–Kier alpha value is -2.34. The van der Waals surface area contributed by atoms with Gasteiger partial charge in [0, 0.05) is 0 Å². The molecule has 0 amide bonds. The van der Waals surface area contributed by atoms with Crippen molar-refractivity contribution in [1.82, 2.24) is 0 Å². The van der Waals surface area contributed by atoms with Crippen LogP contribution in [-0.4, -0.2) is 0 Å². The molecule has 0 saturated carbocycles. The maximum Gasteiger partial charge on any atom is -0.0113 e. The molecule has 0 fully saturated rings. The first-order valence-corrected chi connectivity index (χ1v) is 6.69. The fraction of sp³-hybridized carbons (Fsp3) is 0. The molecule has 0 aliphatic carbocycles. The van der Waals surface area contributed by atoms with Crippen LogP contribution >= 0.6 is 0 Å². The van der Waals surface area contributed by atoms with Gasteiger partial charge in [0.15, 0.2) is 0 Å². The lowest BCUT2D eigenvalue weighted by atomic mass is 9.89. The second-order valence-electron chi connectivity index (χ2n) is 4.86. The number of hydrogen-bond donors (Lipinski definition) is 0. The van der Waals surface area contributed by atoms with E-state index in [0.29, 0.717) is 0 Å². The third-order valence-electron chi connectivity index (χ3n) is 3.55. The largest absolute Gasteiger partial charge is 0.0622 e. The molecule has 0 heteroatoms. The van der Waals surface area contributed by atoms with E-state index in [-0.39, 0.29) is 0 Å². The van der Waals surface area contributed by atoms with Gasteiger partial charge in [-0.1, -0.05) is 72.8 Å². The van der Waals surface area contributed by atoms with E-state index in [2.05, 4.69) is 62.4 Å². The van der Waals surface area contributed by atoms with Crippen molar-refractivity contribution in [3.8, 4) is 22.3 Å². The van der Waals surface area contributed by atoms with Crippen LogP contribution in [0.15, 0.2) is 72.8 Å². The molecule has 0 N–H and O–H groups in total. The zero-order valence-electron chi connectivity index (χ0n) is 11.3. The van der Waals surface area contributed by atoms with Crippen LogP contribution in [0.25, 0.3) is 22.3 Å². The standard InChI is InChI=1S/C20H16/c1-15-13-14-19(17-9-5-3-6-10-17)16(2)20(15)18-11-7-4-8-12-18/h3-14H,1-2H2. The minimum atomic E-state index is 1.01. The average Bonchev–Trinajstić information content (AvgIpc) is 2.49. The lowest BCUT2D eigenvalue weighted by molar-refractivity contribution is 1.50. The Kier molecular flexibility index (Phi) is 3.39. The van der Waals surface area contributed by atoms with E-state index in [1.807, 2.05) is 24.3 Å². The maximum atomic E-state index is 4.29. The van der Waals surface area contributed by atoms with Crippen molar-refractivity contribution < 1.29 is 0 Å². The Morgan fingerprint density at radius 3 is 1.70 bits per heavy atom. The first-order valence-electron chi connectivity index (χ1n) is 6.69.